The molecule has 0 bridgehead atoms. The predicted octanol–water partition coefficient (Wildman–Crippen LogP) is 4.40. The largest absolute Gasteiger partial charge is 0.497 e. The molecule has 0 saturated carbocycles. The number of carbonyl (C=O) groups is 2. The van der Waals surface area contributed by atoms with Gasteiger partial charge in [0.25, 0.3) is 0 Å². The molecule has 2 heterocycles. The average Bonchev–Trinajstić information content (AvgIpc) is 3.35. The number of ketones is 1. The number of benzene rings is 2. The second-order valence-corrected chi connectivity index (χ2v) is 8.20. The van der Waals surface area contributed by atoms with Gasteiger partial charge in [-0.1, -0.05) is 11.8 Å². The summed E-state index contributed by atoms with van der Waals surface area (Å²) < 4.78 is 7.17. The number of ether oxygens (including phenoxy) is 1. The Hall–Kier alpha value is -3.17. The number of aromatic nitrogens is 3. The Morgan fingerprint density at radius 2 is 1.83 bits per heavy atom. The van der Waals surface area contributed by atoms with Crippen molar-refractivity contribution in [1.29, 1.82) is 0 Å². The summed E-state index contributed by atoms with van der Waals surface area (Å²) in [6.45, 7) is 1.51. The second kappa shape index (κ2) is 8.68. The number of thiazole rings is 1. The van der Waals surface area contributed by atoms with E-state index in [0.29, 0.717) is 16.4 Å². The summed E-state index contributed by atoms with van der Waals surface area (Å²) in [7, 11) is 1.63. The number of amides is 1. The lowest BCUT2D eigenvalue weighted by Gasteiger charge is -2.06. The zero-order valence-corrected chi connectivity index (χ0v) is 17.9. The molecule has 9 heteroatoms. The molecule has 0 saturated heterocycles. The van der Waals surface area contributed by atoms with E-state index >= 15 is 0 Å². The molecule has 2 aromatic heterocycles. The molecule has 0 fully saturated rings. The van der Waals surface area contributed by atoms with Gasteiger partial charge in [-0.05, 0) is 61.0 Å². The molecule has 1 N–H and O–H groups in total. The molecule has 0 radical (unpaired) electrons. The van der Waals surface area contributed by atoms with E-state index in [1.165, 1.54) is 30.0 Å². The van der Waals surface area contributed by atoms with E-state index in [-0.39, 0.29) is 17.4 Å². The van der Waals surface area contributed by atoms with Crippen LogP contribution in [0.4, 0.5) is 5.69 Å². The van der Waals surface area contributed by atoms with Crippen molar-refractivity contribution in [1.82, 2.24) is 14.6 Å². The molecule has 0 aliphatic heterocycles. The van der Waals surface area contributed by atoms with Gasteiger partial charge in [-0.25, -0.2) is 0 Å². The van der Waals surface area contributed by atoms with Gasteiger partial charge in [-0.3, -0.25) is 14.0 Å². The first-order chi connectivity index (χ1) is 14.5. The lowest BCUT2D eigenvalue weighted by molar-refractivity contribution is -0.113. The standard InChI is InChI=1S/C21H18N4O3S2/c1-13(26)14-3-7-16(8-4-14)22-19(27)12-30-21-24-23-20-25(21)18(11-29-20)15-5-9-17(28-2)10-6-15/h3-11H,12H2,1-2H3,(H,22,27). The van der Waals surface area contributed by atoms with E-state index in [1.807, 2.05) is 34.0 Å². The number of nitrogens with one attached hydrogen (secondary N) is 1. The number of carbonyl (C=O) groups excluding carboxylic acids is 2. The van der Waals surface area contributed by atoms with Gasteiger partial charge in [0, 0.05) is 16.6 Å². The van der Waals surface area contributed by atoms with Crippen LogP contribution in [0.1, 0.15) is 17.3 Å². The highest BCUT2D eigenvalue weighted by atomic mass is 32.2. The van der Waals surface area contributed by atoms with Crippen LogP contribution in [0.25, 0.3) is 16.2 Å². The number of fused-ring (bicyclic) bond motifs is 1. The summed E-state index contributed by atoms with van der Waals surface area (Å²) in [5.41, 5.74) is 3.23. The van der Waals surface area contributed by atoms with Crippen molar-refractivity contribution in [2.45, 2.75) is 12.1 Å². The first-order valence-electron chi connectivity index (χ1n) is 9.06. The number of nitrogens with zero attached hydrogens (tertiary/aromatic N) is 3. The molecule has 4 rings (SSSR count). The van der Waals surface area contributed by atoms with Gasteiger partial charge in [-0.2, -0.15) is 0 Å². The Balaban J connectivity index is 1.46. The summed E-state index contributed by atoms with van der Waals surface area (Å²) in [5, 5.41) is 13.9. The number of hydrogen-bond donors (Lipinski definition) is 1. The van der Waals surface area contributed by atoms with Crippen molar-refractivity contribution in [3.05, 3.63) is 59.5 Å². The van der Waals surface area contributed by atoms with E-state index in [2.05, 4.69) is 15.5 Å². The first-order valence-corrected chi connectivity index (χ1v) is 10.9. The predicted molar refractivity (Wildman–Crippen MR) is 119 cm³/mol. The van der Waals surface area contributed by atoms with Gasteiger partial charge in [0.15, 0.2) is 10.9 Å². The van der Waals surface area contributed by atoms with E-state index in [4.69, 9.17) is 4.74 Å². The Morgan fingerprint density at radius 1 is 1.10 bits per heavy atom. The molecule has 0 aliphatic carbocycles. The fraction of sp³-hybridized carbons (Fsp3) is 0.143. The van der Waals surface area contributed by atoms with Crippen molar-refractivity contribution < 1.29 is 14.3 Å². The topological polar surface area (TPSA) is 85.6 Å². The minimum absolute atomic E-state index is 0.0114. The van der Waals surface area contributed by atoms with Crippen molar-refractivity contribution in [3.63, 3.8) is 0 Å². The van der Waals surface area contributed by atoms with Crippen LogP contribution in [-0.4, -0.2) is 39.2 Å². The van der Waals surface area contributed by atoms with Gasteiger partial charge in [0.1, 0.15) is 5.75 Å². The number of methoxy groups -OCH3 is 1. The van der Waals surface area contributed by atoms with Gasteiger partial charge in [0.05, 0.1) is 18.6 Å². The van der Waals surface area contributed by atoms with Crippen LogP contribution in [0.2, 0.25) is 0 Å². The highest BCUT2D eigenvalue weighted by Gasteiger charge is 2.15. The third-order valence-corrected chi connectivity index (χ3v) is 6.16. The highest BCUT2D eigenvalue weighted by molar-refractivity contribution is 7.99. The van der Waals surface area contributed by atoms with Crippen molar-refractivity contribution in [2.24, 2.45) is 0 Å². The van der Waals surface area contributed by atoms with Crippen LogP contribution >= 0.6 is 23.1 Å². The molecular formula is C21H18N4O3S2. The summed E-state index contributed by atoms with van der Waals surface area (Å²) in [6.07, 6.45) is 0. The third kappa shape index (κ3) is 4.22. The van der Waals surface area contributed by atoms with Gasteiger partial charge >= 0.3 is 0 Å². The van der Waals surface area contributed by atoms with Crippen molar-refractivity contribution in [3.8, 4) is 17.0 Å². The monoisotopic (exact) mass is 438 g/mol. The molecule has 0 unspecified atom stereocenters. The quantitative estimate of drug-likeness (QED) is 0.340. The molecule has 7 nitrogen and oxygen atoms in total. The summed E-state index contributed by atoms with van der Waals surface area (Å²) in [6, 6.07) is 14.6. The normalized spacial score (nSPS) is 10.9. The number of rotatable bonds is 7. The van der Waals surface area contributed by atoms with Gasteiger partial charge in [0.2, 0.25) is 10.9 Å². The zero-order valence-electron chi connectivity index (χ0n) is 16.3. The molecule has 2 aromatic carbocycles. The maximum Gasteiger partial charge on any atom is 0.234 e. The van der Waals surface area contributed by atoms with E-state index in [1.54, 1.807) is 31.4 Å². The Morgan fingerprint density at radius 3 is 2.50 bits per heavy atom. The van der Waals surface area contributed by atoms with Crippen LogP contribution in [-0.2, 0) is 4.79 Å². The average molecular weight is 439 g/mol. The lowest BCUT2D eigenvalue weighted by atomic mass is 10.1. The number of anilines is 1. The first kappa shape index (κ1) is 20.1. The molecule has 4 aromatic rings. The van der Waals surface area contributed by atoms with Crippen molar-refractivity contribution in [2.75, 3.05) is 18.2 Å². The highest BCUT2D eigenvalue weighted by Crippen LogP contribution is 2.30. The van der Waals surface area contributed by atoms with Gasteiger partial charge < -0.3 is 10.1 Å². The molecule has 0 spiro atoms. The van der Waals surface area contributed by atoms with E-state index < -0.39 is 0 Å². The van der Waals surface area contributed by atoms with Crippen molar-refractivity contribution >= 4 is 45.4 Å². The fourth-order valence-electron chi connectivity index (χ4n) is 2.87. The zero-order chi connectivity index (χ0) is 21.1. The second-order valence-electron chi connectivity index (χ2n) is 6.42. The molecule has 0 atom stereocenters. The molecule has 30 heavy (non-hydrogen) atoms. The van der Waals surface area contributed by atoms with Crippen LogP contribution in [0, 0.1) is 0 Å². The maximum absolute atomic E-state index is 12.4. The van der Waals surface area contributed by atoms with Crippen LogP contribution in [0.3, 0.4) is 0 Å². The van der Waals surface area contributed by atoms with Gasteiger partial charge in [-0.15, -0.1) is 21.5 Å². The van der Waals surface area contributed by atoms with E-state index in [0.717, 1.165) is 22.0 Å². The smallest absolute Gasteiger partial charge is 0.234 e. The molecule has 0 aliphatic rings. The Kier molecular flexibility index (Phi) is 5.82. The van der Waals surface area contributed by atoms with E-state index in [9.17, 15) is 9.59 Å². The molecular weight excluding hydrogens is 420 g/mol. The third-order valence-electron chi connectivity index (χ3n) is 4.41. The number of hydrogen-bond acceptors (Lipinski definition) is 7. The summed E-state index contributed by atoms with van der Waals surface area (Å²) in [4.78, 5) is 24.5. The molecule has 1 amide bonds. The maximum atomic E-state index is 12.4. The Labute approximate surface area is 181 Å². The number of thioether (sulfide) groups is 1. The Bertz CT molecular complexity index is 1200. The molecule has 152 valence electrons. The minimum atomic E-state index is -0.159. The lowest BCUT2D eigenvalue weighted by Crippen LogP contribution is -2.14. The number of Topliss-reactive ketones (excluding diaryl/α,β-unsaturated/α-hetero) is 1. The minimum Gasteiger partial charge on any atom is -0.497 e. The summed E-state index contributed by atoms with van der Waals surface area (Å²) in [5.74, 6) is 0.806. The van der Waals surface area contributed by atoms with Crippen LogP contribution in [0.15, 0.2) is 59.1 Å². The summed E-state index contributed by atoms with van der Waals surface area (Å²) >= 11 is 2.82. The van der Waals surface area contributed by atoms with Crippen LogP contribution < -0.4 is 10.1 Å². The SMILES string of the molecule is COc1ccc(-c2csc3nnc(SCC(=O)Nc4ccc(C(C)=O)cc4)n23)cc1. The fourth-order valence-corrected chi connectivity index (χ4v) is 4.51. The van der Waals surface area contributed by atoms with Crippen LogP contribution in [0.5, 0.6) is 5.75 Å².